The smallest absolute Gasteiger partial charge is 0.0295 e. The first-order valence-corrected chi connectivity index (χ1v) is 9.33. The van der Waals surface area contributed by atoms with Gasteiger partial charge in [-0.15, -0.1) is 0 Å². The van der Waals surface area contributed by atoms with Gasteiger partial charge in [0.15, 0.2) is 0 Å². The average Bonchev–Trinajstić information content (AvgIpc) is 2.46. The fraction of sp³-hybridized carbons (Fsp3) is 0.900. The molecule has 0 aromatic heterocycles. The zero-order chi connectivity index (χ0) is 15.2. The van der Waals surface area contributed by atoms with Crippen molar-refractivity contribution in [3.63, 3.8) is 0 Å². The summed E-state index contributed by atoms with van der Waals surface area (Å²) in [5, 5.41) is 0. The molecule has 0 radical (unpaired) electrons. The fourth-order valence-corrected chi connectivity index (χ4v) is 3.13. The van der Waals surface area contributed by atoms with Gasteiger partial charge in [-0.1, -0.05) is 97.1 Å². The van der Waals surface area contributed by atoms with Crippen molar-refractivity contribution in [3.05, 3.63) is 11.6 Å². The van der Waals surface area contributed by atoms with Crippen molar-refractivity contribution in [2.75, 3.05) is 0 Å². The van der Waals surface area contributed by atoms with Gasteiger partial charge in [-0.3, -0.25) is 0 Å². The molecule has 0 rings (SSSR count). The third-order valence-corrected chi connectivity index (χ3v) is 4.62. The molecule has 0 aromatic carbocycles. The Morgan fingerprint density at radius 1 is 0.800 bits per heavy atom. The van der Waals surface area contributed by atoms with Crippen LogP contribution in [0.2, 0.25) is 0 Å². The van der Waals surface area contributed by atoms with E-state index in [1.807, 2.05) is 0 Å². The number of allylic oxidation sites excluding steroid dienone is 2. The van der Waals surface area contributed by atoms with Gasteiger partial charge in [-0.2, -0.15) is 0 Å². The highest BCUT2D eigenvalue weighted by molar-refractivity contribution is 5.00. The number of hydrogen-bond donors (Lipinski definition) is 0. The minimum Gasteiger partial charge on any atom is -0.0853 e. The summed E-state index contributed by atoms with van der Waals surface area (Å²) in [7, 11) is 0. The molecule has 0 heteroatoms. The van der Waals surface area contributed by atoms with Crippen molar-refractivity contribution < 1.29 is 0 Å². The van der Waals surface area contributed by atoms with Crippen LogP contribution in [0.4, 0.5) is 0 Å². The highest BCUT2D eigenvalue weighted by Crippen LogP contribution is 2.24. The molecule has 0 bridgehead atoms. The zero-order valence-corrected chi connectivity index (χ0v) is 15.0. The molecule has 20 heavy (non-hydrogen) atoms. The zero-order valence-electron chi connectivity index (χ0n) is 15.0. The van der Waals surface area contributed by atoms with E-state index in [0.717, 1.165) is 11.8 Å². The second-order valence-corrected chi connectivity index (χ2v) is 6.70. The van der Waals surface area contributed by atoms with Crippen molar-refractivity contribution in [3.8, 4) is 0 Å². The molecule has 0 N–H and O–H groups in total. The van der Waals surface area contributed by atoms with Gasteiger partial charge in [-0.05, 0) is 31.6 Å². The van der Waals surface area contributed by atoms with Crippen LogP contribution in [-0.4, -0.2) is 0 Å². The Morgan fingerprint density at radius 2 is 1.40 bits per heavy atom. The summed E-state index contributed by atoms with van der Waals surface area (Å²) >= 11 is 0. The van der Waals surface area contributed by atoms with Crippen LogP contribution in [0.3, 0.4) is 0 Å². The van der Waals surface area contributed by atoms with Crippen LogP contribution < -0.4 is 0 Å². The summed E-state index contributed by atoms with van der Waals surface area (Å²) < 4.78 is 0. The lowest BCUT2D eigenvalue weighted by atomic mass is 9.89. The summed E-state index contributed by atoms with van der Waals surface area (Å²) in [6.07, 6.45) is 17.7. The maximum atomic E-state index is 2.56. The van der Waals surface area contributed by atoms with E-state index >= 15 is 0 Å². The molecule has 2 atom stereocenters. The first-order chi connectivity index (χ1) is 9.67. The molecule has 0 amide bonds. The van der Waals surface area contributed by atoms with Crippen LogP contribution in [0, 0.1) is 11.8 Å². The highest BCUT2D eigenvalue weighted by Gasteiger charge is 2.08. The Bertz CT molecular complexity index is 226. The molecule has 0 aliphatic heterocycles. The van der Waals surface area contributed by atoms with Gasteiger partial charge in [-0.25, -0.2) is 0 Å². The first kappa shape index (κ1) is 19.7. The van der Waals surface area contributed by atoms with E-state index in [9.17, 15) is 0 Å². The second-order valence-electron chi connectivity index (χ2n) is 6.70. The van der Waals surface area contributed by atoms with Gasteiger partial charge in [0.1, 0.15) is 0 Å². The molecule has 0 saturated carbocycles. The quantitative estimate of drug-likeness (QED) is 0.306. The van der Waals surface area contributed by atoms with Crippen LogP contribution in [0.1, 0.15) is 105 Å². The maximum Gasteiger partial charge on any atom is -0.0295 e. The molecule has 0 heterocycles. The van der Waals surface area contributed by atoms with Gasteiger partial charge in [0.2, 0.25) is 0 Å². The topological polar surface area (TPSA) is 0 Å². The highest BCUT2D eigenvalue weighted by atomic mass is 14.1. The first-order valence-electron chi connectivity index (χ1n) is 9.33. The van der Waals surface area contributed by atoms with Crippen molar-refractivity contribution in [2.45, 2.75) is 105 Å². The van der Waals surface area contributed by atoms with Crippen LogP contribution in [0.5, 0.6) is 0 Å². The van der Waals surface area contributed by atoms with Gasteiger partial charge in [0, 0.05) is 0 Å². The molecule has 0 saturated heterocycles. The van der Waals surface area contributed by atoms with Crippen LogP contribution in [-0.2, 0) is 0 Å². The van der Waals surface area contributed by atoms with E-state index in [2.05, 4.69) is 40.7 Å². The lowest BCUT2D eigenvalue weighted by Gasteiger charge is -2.17. The normalized spacial score (nSPS) is 15.3. The molecule has 0 aliphatic carbocycles. The van der Waals surface area contributed by atoms with E-state index in [1.165, 1.54) is 70.6 Å². The molecule has 0 nitrogen and oxygen atoms in total. The van der Waals surface area contributed by atoms with Crippen molar-refractivity contribution in [1.82, 2.24) is 0 Å². The SMILES string of the molecule is CCCCC(CC=C(C)CC(CC)CCCC)CCC. The monoisotopic (exact) mass is 280 g/mol. The van der Waals surface area contributed by atoms with Gasteiger partial charge in [0.05, 0.1) is 0 Å². The van der Waals surface area contributed by atoms with Crippen LogP contribution >= 0.6 is 0 Å². The summed E-state index contributed by atoms with van der Waals surface area (Å²) in [6, 6.07) is 0. The average molecular weight is 281 g/mol. The molecular formula is C20H40. The van der Waals surface area contributed by atoms with Crippen LogP contribution in [0.25, 0.3) is 0 Å². The molecule has 0 spiro atoms. The van der Waals surface area contributed by atoms with E-state index < -0.39 is 0 Å². The van der Waals surface area contributed by atoms with Gasteiger partial charge in [0.25, 0.3) is 0 Å². The molecule has 120 valence electrons. The Morgan fingerprint density at radius 3 is 1.90 bits per heavy atom. The van der Waals surface area contributed by atoms with Gasteiger partial charge < -0.3 is 0 Å². The second kappa shape index (κ2) is 13.7. The molecule has 0 aliphatic rings. The lowest BCUT2D eigenvalue weighted by molar-refractivity contribution is 0.427. The fourth-order valence-electron chi connectivity index (χ4n) is 3.13. The summed E-state index contributed by atoms with van der Waals surface area (Å²) in [6.45, 7) is 11.7. The van der Waals surface area contributed by atoms with E-state index in [0.29, 0.717) is 0 Å². The molecule has 0 aromatic rings. The van der Waals surface area contributed by atoms with Gasteiger partial charge >= 0.3 is 0 Å². The Hall–Kier alpha value is -0.260. The van der Waals surface area contributed by atoms with E-state index in [1.54, 1.807) is 5.57 Å². The summed E-state index contributed by atoms with van der Waals surface area (Å²) in [5.74, 6) is 1.86. The Kier molecular flexibility index (Phi) is 13.5. The Balaban J connectivity index is 4.16. The van der Waals surface area contributed by atoms with Crippen molar-refractivity contribution >= 4 is 0 Å². The van der Waals surface area contributed by atoms with E-state index in [-0.39, 0.29) is 0 Å². The minimum absolute atomic E-state index is 0.923. The predicted molar refractivity (Wildman–Crippen MR) is 94.2 cm³/mol. The molecule has 2 unspecified atom stereocenters. The van der Waals surface area contributed by atoms with Crippen molar-refractivity contribution in [2.24, 2.45) is 11.8 Å². The third kappa shape index (κ3) is 10.5. The standard InChI is InChI=1S/C20H40/c1-6-10-13-19(9-4)17-18(5)15-16-20(12-8-3)14-11-7-2/h15,19-20H,6-14,16-17H2,1-5H3. The molecular weight excluding hydrogens is 240 g/mol. The predicted octanol–water partition coefficient (Wildman–Crippen LogP) is 7.54. The number of hydrogen-bond acceptors (Lipinski definition) is 0. The summed E-state index contributed by atoms with van der Waals surface area (Å²) in [5.41, 5.74) is 1.64. The minimum atomic E-state index is 0.923. The number of unbranched alkanes of at least 4 members (excludes halogenated alkanes) is 2. The summed E-state index contributed by atoms with van der Waals surface area (Å²) in [4.78, 5) is 0. The largest absolute Gasteiger partial charge is 0.0853 e. The van der Waals surface area contributed by atoms with E-state index in [4.69, 9.17) is 0 Å². The lowest BCUT2D eigenvalue weighted by Crippen LogP contribution is -2.02. The van der Waals surface area contributed by atoms with Crippen LogP contribution in [0.15, 0.2) is 11.6 Å². The third-order valence-electron chi connectivity index (χ3n) is 4.62. The Labute approximate surface area is 129 Å². The maximum absolute atomic E-state index is 2.56. The molecule has 0 fully saturated rings. The van der Waals surface area contributed by atoms with Crippen molar-refractivity contribution in [1.29, 1.82) is 0 Å². The number of rotatable bonds is 13.